The van der Waals surface area contributed by atoms with Gasteiger partial charge in [0.25, 0.3) is 0 Å². The zero-order valence-corrected chi connectivity index (χ0v) is 18.6. The number of fused-ring (bicyclic) bond motifs is 4. The van der Waals surface area contributed by atoms with Crippen LogP contribution in [0.25, 0.3) is 22.1 Å². The van der Waals surface area contributed by atoms with E-state index in [9.17, 15) is 4.79 Å². The molecule has 1 aliphatic carbocycles. The number of methoxy groups -OCH3 is 1. The smallest absolute Gasteiger partial charge is 0.336 e. The Kier molecular flexibility index (Phi) is 4.92. The van der Waals surface area contributed by atoms with Gasteiger partial charge in [-0.2, -0.15) is 0 Å². The molecule has 0 fully saturated rings. The molecule has 0 radical (unpaired) electrons. The van der Waals surface area contributed by atoms with Crippen molar-refractivity contribution in [2.45, 2.75) is 31.8 Å². The van der Waals surface area contributed by atoms with Crippen LogP contribution >= 0.6 is 0 Å². The number of ether oxygens (including phenoxy) is 2. The van der Waals surface area contributed by atoms with Crippen molar-refractivity contribution < 1.29 is 18.8 Å². The van der Waals surface area contributed by atoms with Crippen LogP contribution in [0, 0.1) is 0 Å². The Morgan fingerprint density at radius 1 is 1.03 bits per heavy atom. The summed E-state index contributed by atoms with van der Waals surface area (Å²) in [4.78, 5) is 14.0. The van der Waals surface area contributed by atoms with E-state index < -0.39 is 0 Å². The molecular weight excluding hydrogens is 414 g/mol. The van der Waals surface area contributed by atoms with Crippen molar-refractivity contribution >= 4 is 11.0 Å². The van der Waals surface area contributed by atoms with E-state index in [1.165, 1.54) is 22.4 Å². The lowest BCUT2D eigenvalue weighted by Gasteiger charge is -2.35. The highest BCUT2D eigenvalue weighted by Crippen LogP contribution is 2.35. The monoisotopic (exact) mass is 440 g/mol. The van der Waals surface area contributed by atoms with Crippen molar-refractivity contribution in [1.29, 1.82) is 0 Å². The zero-order chi connectivity index (χ0) is 22.4. The van der Waals surface area contributed by atoms with Gasteiger partial charge in [-0.15, -0.1) is 0 Å². The molecule has 0 spiro atoms. The summed E-state index contributed by atoms with van der Waals surface area (Å²) in [6, 6.07) is 22.5. The summed E-state index contributed by atoms with van der Waals surface area (Å²) < 4.78 is 17.3. The molecule has 0 saturated heterocycles. The fourth-order valence-corrected chi connectivity index (χ4v) is 5.43. The molecule has 3 aromatic carbocycles. The molecular formula is C28H26NO4+. The van der Waals surface area contributed by atoms with Crippen molar-refractivity contribution in [3.8, 4) is 22.6 Å². The average molecular weight is 441 g/mol. The second-order valence-electron chi connectivity index (χ2n) is 8.89. The largest absolute Gasteiger partial charge is 0.497 e. The Hall–Kier alpha value is -3.57. The molecule has 2 aliphatic rings. The van der Waals surface area contributed by atoms with E-state index in [2.05, 4.69) is 24.3 Å². The topological polar surface area (TPSA) is 53.1 Å². The van der Waals surface area contributed by atoms with Gasteiger partial charge < -0.3 is 13.9 Å². The fourth-order valence-electron chi connectivity index (χ4n) is 5.43. The predicted molar refractivity (Wildman–Crippen MR) is 127 cm³/mol. The fraction of sp³-hybridized carbons (Fsp3) is 0.250. The Morgan fingerprint density at radius 2 is 1.88 bits per heavy atom. The molecule has 2 heterocycles. The van der Waals surface area contributed by atoms with Crippen LogP contribution in [0.2, 0.25) is 0 Å². The first-order valence-corrected chi connectivity index (χ1v) is 11.5. The van der Waals surface area contributed by atoms with Gasteiger partial charge in [-0.1, -0.05) is 36.4 Å². The Balaban J connectivity index is 1.43. The molecule has 1 aromatic heterocycles. The van der Waals surface area contributed by atoms with Crippen molar-refractivity contribution in [3.05, 3.63) is 93.8 Å². The molecule has 1 unspecified atom stereocenters. The molecule has 1 aliphatic heterocycles. The Bertz CT molecular complexity index is 1390. The van der Waals surface area contributed by atoms with E-state index in [0.717, 1.165) is 53.0 Å². The number of quaternary nitrogens is 1. The van der Waals surface area contributed by atoms with Crippen molar-refractivity contribution in [1.82, 2.24) is 0 Å². The lowest BCUT2D eigenvalue weighted by molar-refractivity contribution is -0.963. The van der Waals surface area contributed by atoms with Gasteiger partial charge in [-0.25, -0.2) is 4.79 Å². The van der Waals surface area contributed by atoms with Crippen LogP contribution in [0.15, 0.2) is 75.9 Å². The number of nitrogens with one attached hydrogen (secondary N) is 1. The lowest BCUT2D eigenvalue weighted by Crippen LogP contribution is -3.12. The van der Waals surface area contributed by atoms with Crippen LogP contribution in [0.4, 0.5) is 0 Å². The third-order valence-corrected chi connectivity index (χ3v) is 7.05. The summed E-state index contributed by atoms with van der Waals surface area (Å²) in [5, 5.41) is 0.924. The zero-order valence-electron chi connectivity index (χ0n) is 18.6. The van der Waals surface area contributed by atoms with Gasteiger partial charge in [0.1, 0.15) is 24.1 Å². The van der Waals surface area contributed by atoms with Gasteiger partial charge in [0.05, 0.1) is 12.7 Å². The van der Waals surface area contributed by atoms with E-state index >= 15 is 0 Å². The highest BCUT2D eigenvalue weighted by Gasteiger charge is 2.34. The standard InChI is InChI=1S/C28H25NO4/c1-31-20-11-9-19(10-12-20)23-15-27(30)33-28-22(23)13-14-26-24(28)16-29(17-32-26)25-8-4-6-18-5-2-3-7-21(18)25/h2-3,5,7,9-15,25H,4,6,8,16-17H2,1H3/p+1/t25-/m1/s1. The maximum absolute atomic E-state index is 12.6. The van der Waals surface area contributed by atoms with E-state index in [1.54, 1.807) is 13.2 Å². The number of benzene rings is 3. The molecule has 1 N–H and O–H groups in total. The van der Waals surface area contributed by atoms with Crippen molar-refractivity contribution in [2.75, 3.05) is 13.8 Å². The molecule has 2 atom stereocenters. The SMILES string of the molecule is COc1ccc(-c2cc(=O)oc3c4c(ccc23)OC[NH+]([C@@H]2CCCc3ccccc32)C4)cc1. The third kappa shape index (κ3) is 3.49. The van der Waals surface area contributed by atoms with Gasteiger partial charge in [-0.3, -0.25) is 4.90 Å². The lowest BCUT2D eigenvalue weighted by atomic mass is 9.86. The van der Waals surface area contributed by atoms with E-state index in [4.69, 9.17) is 13.9 Å². The molecule has 6 rings (SSSR count). The maximum atomic E-state index is 12.6. The van der Waals surface area contributed by atoms with Crippen LogP contribution in [0.5, 0.6) is 11.5 Å². The van der Waals surface area contributed by atoms with Gasteiger partial charge in [0.2, 0.25) is 6.73 Å². The second kappa shape index (κ2) is 8.09. The van der Waals surface area contributed by atoms with Crippen LogP contribution in [-0.4, -0.2) is 13.8 Å². The summed E-state index contributed by atoms with van der Waals surface area (Å²) in [6.07, 6.45) is 3.46. The predicted octanol–water partition coefficient (Wildman–Crippen LogP) is 4.28. The minimum Gasteiger partial charge on any atom is -0.497 e. The molecule has 0 saturated carbocycles. The van der Waals surface area contributed by atoms with Crippen LogP contribution in [0.3, 0.4) is 0 Å². The van der Waals surface area contributed by atoms with Crippen LogP contribution in [-0.2, 0) is 13.0 Å². The molecule has 5 heteroatoms. The molecule has 4 aromatic rings. The summed E-state index contributed by atoms with van der Waals surface area (Å²) in [5.74, 6) is 1.59. The quantitative estimate of drug-likeness (QED) is 0.483. The minimum atomic E-state index is -0.350. The first-order valence-electron chi connectivity index (χ1n) is 11.5. The molecule has 166 valence electrons. The normalized spacial score (nSPS) is 19.4. The summed E-state index contributed by atoms with van der Waals surface area (Å²) >= 11 is 0. The Labute approximate surface area is 192 Å². The maximum Gasteiger partial charge on any atom is 0.336 e. The van der Waals surface area contributed by atoms with Crippen LogP contribution in [0.1, 0.15) is 35.6 Å². The Morgan fingerprint density at radius 3 is 2.73 bits per heavy atom. The molecule has 5 nitrogen and oxygen atoms in total. The second-order valence-corrected chi connectivity index (χ2v) is 8.89. The van der Waals surface area contributed by atoms with E-state index in [-0.39, 0.29) is 5.63 Å². The number of rotatable bonds is 3. The molecule has 33 heavy (non-hydrogen) atoms. The average Bonchev–Trinajstić information content (AvgIpc) is 2.87. The van der Waals surface area contributed by atoms with E-state index in [1.807, 2.05) is 36.4 Å². The van der Waals surface area contributed by atoms with E-state index in [0.29, 0.717) is 18.4 Å². The number of hydrogen-bond acceptors (Lipinski definition) is 4. The summed E-state index contributed by atoms with van der Waals surface area (Å²) in [7, 11) is 1.65. The molecule has 0 bridgehead atoms. The van der Waals surface area contributed by atoms with Gasteiger partial charge >= 0.3 is 5.63 Å². The minimum absolute atomic E-state index is 0.350. The number of hydrogen-bond donors (Lipinski definition) is 1. The summed E-state index contributed by atoms with van der Waals surface area (Å²) in [6.45, 7) is 1.38. The first kappa shape index (κ1) is 20.1. The van der Waals surface area contributed by atoms with Crippen LogP contribution < -0.4 is 20.0 Å². The van der Waals surface area contributed by atoms with Gasteiger partial charge in [-0.05, 0) is 53.8 Å². The highest BCUT2D eigenvalue weighted by atomic mass is 16.5. The van der Waals surface area contributed by atoms with Gasteiger partial charge in [0.15, 0.2) is 5.58 Å². The van der Waals surface area contributed by atoms with Gasteiger partial charge in [0, 0.05) is 23.4 Å². The third-order valence-electron chi connectivity index (χ3n) is 7.05. The highest BCUT2D eigenvalue weighted by molar-refractivity contribution is 5.95. The van der Waals surface area contributed by atoms with Crippen molar-refractivity contribution in [3.63, 3.8) is 0 Å². The summed E-state index contributed by atoms with van der Waals surface area (Å²) in [5.41, 5.74) is 5.94. The number of aryl methyl sites for hydroxylation is 1. The van der Waals surface area contributed by atoms with Crippen molar-refractivity contribution in [2.24, 2.45) is 0 Å². The first-order chi connectivity index (χ1) is 16.2. The molecule has 0 amide bonds.